The third kappa shape index (κ3) is 5.38. The summed E-state index contributed by atoms with van der Waals surface area (Å²) in [5, 5.41) is 9.33. The van der Waals surface area contributed by atoms with E-state index in [0.717, 1.165) is 108 Å². The largest absolute Gasteiger partial charge is 0.403 e. The normalized spacial score (nSPS) is 13.6. The molecule has 0 aliphatic heterocycles. The highest BCUT2D eigenvalue weighted by Gasteiger charge is 2.33. The molecule has 15 rings (SSSR count). The maximum Gasteiger partial charge on any atom is 0.0970 e. The van der Waals surface area contributed by atoms with Crippen molar-refractivity contribution in [2.75, 3.05) is 0 Å². The van der Waals surface area contributed by atoms with Crippen molar-refractivity contribution in [3.05, 3.63) is 199 Å². The second kappa shape index (κ2) is 14.7. The fourth-order valence-corrected chi connectivity index (χ4v) is 12.4. The van der Waals surface area contributed by atoms with E-state index in [4.69, 9.17) is 25.7 Å². The van der Waals surface area contributed by atoms with Crippen LogP contribution in [0.4, 0.5) is 0 Å². The molecule has 0 radical (unpaired) electrons. The SMILES string of the molecule is C/C=C\C(=C/N)n1c2ccc(-c3cc4cccnc4c4ncccc34)cc2c2cc3c4c(c21)CCc1c-4c(cc2c4cc(-c5cc6cccnc6c6ncccc56)ccc4n(-c4cccnc4)c12)CC3. The Morgan fingerprint density at radius 3 is 1.64 bits per heavy atom. The van der Waals surface area contributed by atoms with Gasteiger partial charge in [0.15, 0.2) is 0 Å². The molecular weight excluding hydrogens is 857 g/mol. The highest BCUT2D eigenvalue weighted by atomic mass is 15.0. The van der Waals surface area contributed by atoms with E-state index in [1.165, 1.54) is 71.5 Å². The number of nitrogens with zero attached hydrogens (tertiary/aromatic N) is 7. The van der Waals surface area contributed by atoms with Crippen molar-refractivity contribution in [2.45, 2.75) is 32.6 Å². The quantitative estimate of drug-likeness (QED) is 0.136. The van der Waals surface area contributed by atoms with Gasteiger partial charge in [0.05, 0.1) is 61.7 Å². The fourth-order valence-electron chi connectivity index (χ4n) is 12.4. The van der Waals surface area contributed by atoms with Crippen LogP contribution in [-0.2, 0) is 25.7 Å². The molecule has 0 atom stereocenters. The number of fused-ring (bicyclic) bond motifs is 14. The topological polar surface area (TPSA) is 100 Å². The molecule has 7 heterocycles. The lowest BCUT2D eigenvalue weighted by atomic mass is 9.74. The van der Waals surface area contributed by atoms with Crippen LogP contribution in [0.1, 0.15) is 29.2 Å². The van der Waals surface area contributed by atoms with Crippen molar-refractivity contribution >= 4 is 92.9 Å². The Bertz CT molecular complexity index is 4500. The molecule has 0 unspecified atom stereocenters. The first-order valence-corrected chi connectivity index (χ1v) is 24.1. The van der Waals surface area contributed by atoms with Crippen LogP contribution >= 0.6 is 0 Å². The van der Waals surface area contributed by atoms with Crippen LogP contribution in [0.15, 0.2) is 177 Å². The molecule has 0 saturated carbocycles. The summed E-state index contributed by atoms with van der Waals surface area (Å²) in [6.07, 6.45) is 21.0. The van der Waals surface area contributed by atoms with Crippen LogP contribution < -0.4 is 5.73 Å². The van der Waals surface area contributed by atoms with Crippen LogP contribution in [0.3, 0.4) is 0 Å². The van der Waals surface area contributed by atoms with E-state index in [1.54, 1.807) is 6.20 Å². The van der Waals surface area contributed by atoms with E-state index in [0.29, 0.717) is 0 Å². The molecule has 0 spiro atoms. The lowest BCUT2D eigenvalue weighted by Crippen LogP contribution is -2.16. The summed E-state index contributed by atoms with van der Waals surface area (Å²) < 4.78 is 4.89. The van der Waals surface area contributed by atoms with Gasteiger partial charge in [-0.05, 0) is 179 Å². The summed E-state index contributed by atoms with van der Waals surface area (Å²) in [5.41, 5.74) is 30.1. The minimum atomic E-state index is 0.889. The van der Waals surface area contributed by atoms with Crippen molar-refractivity contribution in [3.63, 3.8) is 0 Å². The molecular formula is C62H42N8. The van der Waals surface area contributed by atoms with Crippen LogP contribution in [0.5, 0.6) is 0 Å². The molecule has 2 N–H and O–H groups in total. The Hall–Kier alpha value is -9.01. The van der Waals surface area contributed by atoms with E-state index < -0.39 is 0 Å². The molecule has 0 amide bonds. The standard InChI is InChI=1S/C62H42N8/c1-2-8-41(33-63)69-53-20-16-35(47-31-39-9-3-23-65-57(39)59-43(47)12-6-25-67-59)27-49(53)51-29-37-14-15-38-30-52-50-28-36(48-32-40-10-4-24-66-58(40)60-44(48)13-7-26-68-60)17-21-54(50)70(42-11-5-22-64-34-42)62(52)46-19-18-45(61(51)69)55(37)56(38)46/h2-13,16-17,20-34H,14-15,18-19,63H2,1H3/b8-2-,41-33+. The third-order valence-corrected chi connectivity index (χ3v) is 15.2. The molecule has 8 heteroatoms. The van der Waals surface area contributed by atoms with Crippen molar-refractivity contribution < 1.29 is 0 Å². The molecule has 0 fully saturated rings. The van der Waals surface area contributed by atoms with Crippen LogP contribution in [0.25, 0.3) is 132 Å². The Morgan fingerprint density at radius 1 is 0.514 bits per heavy atom. The number of nitrogens with two attached hydrogens (primary N) is 1. The number of benzene rings is 6. The van der Waals surface area contributed by atoms with Crippen molar-refractivity contribution in [1.82, 2.24) is 34.1 Å². The summed E-state index contributed by atoms with van der Waals surface area (Å²) in [5.74, 6) is 0. The number of allylic oxidation sites excluding steroid dienone is 3. The van der Waals surface area contributed by atoms with Gasteiger partial charge in [-0.3, -0.25) is 24.9 Å². The zero-order valence-electron chi connectivity index (χ0n) is 38.3. The van der Waals surface area contributed by atoms with E-state index in [2.05, 4.69) is 124 Å². The first kappa shape index (κ1) is 39.0. The first-order valence-electron chi connectivity index (χ1n) is 24.1. The second-order valence-electron chi connectivity index (χ2n) is 18.8. The average Bonchev–Trinajstić information content (AvgIpc) is 3.93. The number of rotatable bonds is 5. The highest BCUT2D eigenvalue weighted by molar-refractivity contribution is 6.19. The minimum Gasteiger partial charge on any atom is -0.403 e. The maximum atomic E-state index is 6.60. The van der Waals surface area contributed by atoms with Crippen molar-refractivity contribution in [2.24, 2.45) is 5.73 Å². The average molecular weight is 899 g/mol. The monoisotopic (exact) mass is 898 g/mol. The van der Waals surface area contributed by atoms with Crippen molar-refractivity contribution in [1.29, 1.82) is 0 Å². The van der Waals surface area contributed by atoms with Gasteiger partial charge in [-0.25, -0.2) is 0 Å². The van der Waals surface area contributed by atoms with Crippen LogP contribution in [0.2, 0.25) is 0 Å². The van der Waals surface area contributed by atoms with Gasteiger partial charge in [0.25, 0.3) is 0 Å². The predicted octanol–water partition coefficient (Wildman–Crippen LogP) is 14.0. The molecule has 6 aromatic carbocycles. The molecule has 7 aromatic heterocycles. The molecule has 8 nitrogen and oxygen atoms in total. The zero-order valence-corrected chi connectivity index (χ0v) is 38.3. The number of aryl methyl sites for hydroxylation is 4. The number of hydrogen-bond donors (Lipinski definition) is 1. The van der Waals surface area contributed by atoms with Gasteiger partial charge < -0.3 is 14.9 Å². The fraction of sp³-hybridized carbons (Fsp3) is 0.0806. The third-order valence-electron chi connectivity index (χ3n) is 15.2. The Labute approximate surface area is 401 Å². The highest BCUT2D eigenvalue weighted by Crippen LogP contribution is 2.52. The molecule has 13 aromatic rings. The maximum absolute atomic E-state index is 6.60. The molecule has 70 heavy (non-hydrogen) atoms. The molecule has 0 bridgehead atoms. The lowest BCUT2D eigenvalue weighted by molar-refractivity contribution is 0.883. The van der Waals surface area contributed by atoms with E-state index in [-0.39, 0.29) is 0 Å². The van der Waals surface area contributed by atoms with Gasteiger partial charge in [0, 0.05) is 80.3 Å². The molecule has 330 valence electrons. The molecule has 0 saturated heterocycles. The van der Waals surface area contributed by atoms with E-state index in [1.807, 2.05) is 67.5 Å². The van der Waals surface area contributed by atoms with Crippen LogP contribution in [0, 0.1) is 0 Å². The van der Waals surface area contributed by atoms with Crippen LogP contribution in [-0.4, -0.2) is 34.1 Å². The summed E-state index contributed by atoms with van der Waals surface area (Å²) >= 11 is 0. The Balaban J connectivity index is 0.992. The summed E-state index contributed by atoms with van der Waals surface area (Å²) in [6, 6.07) is 44.4. The minimum absolute atomic E-state index is 0.889. The number of hydrogen-bond acceptors (Lipinski definition) is 6. The van der Waals surface area contributed by atoms with Gasteiger partial charge in [0.2, 0.25) is 0 Å². The van der Waals surface area contributed by atoms with Gasteiger partial charge in [-0.1, -0.05) is 42.5 Å². The molecule has 2 aliphatic rings. The summed E-state index contributed by atoms with van der Waals surface area (Å²) in [6.45, 7) is 2.06. The van der Waals surface area contributed by atoms with Gasteiger partial charge in [-0.15, -0.1) is 0 Å². The summed E-state index contributed by atoms with van der Waals surface area (Å²) in [4.78, 5) is 23.9. The predicted molar refractivity (Wildman–Crippen MR) is 287 cm³/mol. The lowest BCUT2D eigenvalue weighted by Gasteiger charge is -2.31. The number of aromatic nitrogens is 7. The Kier molecular flexibility index (Phi) is 8.22. The van der Waals surface area contributed by atoms with Crippen molar-refractivity contribution in [3.8, 4) is 39.1 Å². The van der Waals surface area contributed by atoms with Gasteiger partial charge in [-0.2, -0.15) is 0 Å². The summed E-state index contributed by atoms with van der Waals surface area (Å²) in [7, 11) is 0. The number of pyridine rings is 5. The molecule has 2 aliphatic carbocycles. The zero-order chi connectivity index (χ0) is 46.2. The van der Waals surface area contributed by atoms with E-state index >= 15 is 0 Å². The smallest absolute Gasteiger partial charge is 0.0970 e. The Morgan fingerprint density at radius 2 is 1.06 bits per heavy atom. The second-order valence-corrected chi connectivity index (χ2v) is 18.8. The van der Waals surface area contributed by atoms with Gasteiger partial charge in [0.1, 0.15) is 0 Å². The van der Waals surface area contributed by atoms with Gasteiger partial charge >= 0.3 is 0 Å². The van der Waals surface area contributed by atoms with E-state index in [9.17, 15) is 0 Å². The first-order chi connectivity index (χ1) is 34.6.